The Morgan fingerprint density at radius 2 is 2.10 bits per heavy atom. The number of amides is 1. The predicted molar refractivity (Wildman–Crippen MR) is 85.2 cm³/mol. The third-order valence-corrected chi connectivity index (χ3v) is 4.55. The molecule has 21 heavy (non-hydrogen) atoms. The smallest absolute Gasteiger partial charge is 0.261 e. The van der Waals surface area contributed by atoms with Gasteiger partial charge in [-0.3, -0.25) is 4.79 Å². The first kappa shape index (κ1) is 18.4. The lowest BCUT2D eigenvalue weighted by Gasteiger charge is -2.17. The fraction of sp³-hybridized carbons (Fsp3) is 0.462. The molecule has 1 amide bonds. The van der Waals surface area contributed by atoms with Gasteiger partial charge in [-0.15, -0.1) is 0 Å². The third kappa shape index (κ3) is 5.94. The van der Waals surface area contributed by atoms with Crippen LogP contribution >= 0.6 is 26.6 Å². The van der Waals surface area contributed by atoms with Crippen molar-refractivity contribution in [1.82, 2.24) is 5.32 Å². The van der Waals surface area contributed by atoms with E-state index in [0.717, 1.165) is 12.8 Å². The van der Waals surface area contributed by atoms with Crippen LogP contribution in [0.1, 0.15) is 30.1 Å². The normalized spacial score (nSPS) is 13.0. The maximum absolute atomic E-state index is 12.2. The molecule has 1 atom stereocenters. The Balaban J connectivity index is 2.99. The van der Waals surface area contributed by atoms with Crippen LogP contribution < -0.4 is 5.32 Å². The van der Waals surface area contributed by atoms with E-state index >= 15 is 0 Å². The Morgan fingerprint density at radius 1 is 1.43 bits per heavy atom. The van der Waals surface area contributed by atoms with E-state index in [1.165, 1.54) is 18.2 Å². The molecular weight excluding hydrogens is 382 g/mol. The fourth-order valence-electron chi connectivity index (χ4n) is 1.85. The van der Waals surface area contributed by atoms with Crippen molar-refractivity contribution < 1.29 is 17.9 Å². The first-order valence-corrected chi connectivity index (χ1v) is 9.43. The Bertz CT molecular complexity index is 600. The van der Waals surface area contributed by atoms with E-state index in [9.17, 15) is 13.2 Å². The molecule has 1 N–H and O–H groups in total. The molecule has 0 aliphatic heterocycles. The van der Waals surface area contributed by atoms with Crippen molar-refractivity contribution in [2.45, 2.75) is 30.7 Å². The van der Waals surface area contributed by atoms with E-state index in [0.29, 0.717) is 11.1 Å². The highest BCUT2D eigenvalue weighted by atomic mass is 79.9. The minimum atomic E-state index is -3.89. The van der Waals surface area contributed by atoms with Gasteiger partial charge < -0.3 is 10.1 Å². The lowest BCUT2D eigenvalue weighted by molar-refractivity contribution is 0.0891. The predicted octanol–water partition coefficient (Wildman–Crippen LogP) is 2.92. The molecule has 1 aromatic carbocycles. The van der Waals surface area contributed by atoms with Crippen molar-refractivity contribution in [2.24, 2.45) is 0 Å². The molecule has 0 heterocycles. The molecule has 1 unspecified atom stereocenters. The molecule has 5 nitrogen and oxygen atoms in total. The summed E-state index contributed by atoms with van der Waals surface area (Å²) in [7, 11) is 2.98. The number of nitrogens with one attached hydrogen (secondary N) is 1. The van der Waals surface area contributed by atoms with E-state index in [4.69, 9.17) is 15.4 Å². The minimum Gasteiger partial charge on any atom is -0.383 e. The van der Waals surface area contributed by atoms with Crippen molar-refractivity contribution in [3.63, 3.8) is 0 Å². The molecule has 0 saturated heterocycles. The van der Waals surface area contributed by atoms with Gasteiger partial charge in [0.15, 0.2) is 0 Å². The van der Waals surface area contributed by atoms with Crippen LogP contribution in [0.4, 0.5) is 0 Å². The topological polar surface area (TPSA) is 72.5 Å². The summed E-state index contributed by atoms with van der Waals surface area (Å²) in [5.41, 5.74) is 0.223. The quantitative estimate of drug-likeness (QED) is 0.717. The average Bonchev–Trinajstić information content (AvgIpc) is 2.37. The molecule has 118 valence electrons. The summed E-state index contributed by atoms with van der Waals surface area (Å²) in [6, 6.07) is 4.01. The highest BCUT2D eigenvalue weighted by Gasteiger charge is 2.17. The van der Waals surface area contributed by atoms with E-state index in [1.807, 2.05) is 6.92 Å². The standard InChI is InChI=1S/C13H17BrClNO4S/c1-3-4-11(8-20-2)16-13(17)9-5-10(14)7-12(6-9)21(15,18)19/h5-7,11H,3-4,8H2,1-2H3,(H,16,17). The summed E-state index contributed by atoms with van der Waals surface area (Å²) < 4.78 is 28.3. The number of rotatable bonds is 7. The van der Waals surface area contributed by atoms with E-state index < -0.39 is 9.05 Å². The zero-order chi connectivity index (χ0) is 16.0. The monoisotopic (exact) mass is 397 g/mol. The van der Waals surface area contributed by atoms with Gasteiger partial charge in [-0.25, -0.2) is 8.42 Å². The van der Waals surface area contributed by atoms with Crippen LogP contribution in [0.15, 0.2) is 27.6 Å². The summed E-state index contributed by atoms with van der Waals surface area (Å²) in [4.78, 5) is 12.1. The summed E-state index contributed by atoms with van der Waals surface area (Å²) in [6.07, 6.45) is 1.67. The summed E-state index contributed by atoms with van der Waals surface area (Å²) in [6.45, 7) is 2.40. The van der Waals surface area contributed by atoms with Crippen LogP contribution in [0.5, 0.6) is 0 Å². The third-order valence-electron chi connectivity index (χ3n) is 2.76. The summed E-state index contributed by atoms with van der Waals surface area (Å²) in [5.74, 6) is -0.367. The number of hydrogen-bond acceptors (Lipinski definition) is 4. The number of methoxy groups -OCH3 is 1. The van der Waals surface area contributed by atoms with Crippen LogP contribution in [-0.2, 0) is 13.8 Å². The van der Waals surface area contributed by atoms with Crippen LogP contribution in [-0.4, -0.2) is 34.1 Å². The molecule has 0 radical (unpaired) electrons. The number of halogens is 2. The van der Waals surface area contributed by atoms with Gasteiger partial charge in [-0.1, -0.05) is 29.3 Å². The Morgan fingerprint density at radius 3 is 2.62 bits per heavy atom. The maximum atomic E-state index is 12.2. The average molecular weight is 399 g/mol. The van der Waals surface area contributed by atoms with Crippen molar-refractivity contribution in [3.05, 3.63) is 28.2 Å². The van der Waals surface area contributed by atoms with Gasteiger partial charge in [-0.2, -0.15) is 0 Å². The molecule has 0 fully saturated rings. The molecule has 1 aromatic rings. The van der Waals surface area contributed by atoms with E-state index in [1.54, 1.807) is 7.11 Å². The molecule has 0 saturated carbocycles. The Kier molecular flexibility index (Phi) is 7.12. The van der Waals surface area contributed by atoms with Gasteiger partial charge in [0.2, 0.25) is 0 Å². The zero-order valence-electron chi connectivity index (χ0n) is 11.7. The number of benzene rings is 1. The highest BCUT2D eigenvalue weighted by molar-refractivity contribution is 9.10. The van der Waals surface area contributed by atoms with Crippen molar-refractivity contribution in [2.75, 3.05) is 13.7 Å². The molecule has 8 heteroatoms. The van der Waals surface area contributed by atoms with Gasteiger partial charge >= 0.3 is 0 Å². The van der Waals surface area contributed by atoms with Gasteiger partial charge in [0.05, 0.1) is 17.5 Å². The Labute approximate surface area is 137 Å². The lowest BCUT2D eigenvalue weighted by atomic mass is 10.1. The van der Waals surface area contributed by atoms with Crippen molar-refractivity contribution >= 4 is 41.6 Å². The van der Waals surface area contributed by atoms with Gasteiger partial charge in [0, 0.05) is 27.8 Å². The molecule has 0 spiro atoms. The van der Waals surface area contributed by atoms with E-state index in [-0.39, 0.29) is 22.4 Å². The molecule has 0 bridgehead atoms. The van der Waals surface area contributed by atoms with Gasteiger partial charge in [0.1, 0.15) is 0 Å². The number of hydrogen-bond donors (Lipinski definition) is 1. The first-order chi connectivity index (χ1) is 9.77. The highest BCUT2D eigenvalue weighted by Crippen LogP contribution is 2.22. The lowest BCUT2D eigenvalue weighted by Crippen LogP contribution is -2.38. The largest absolute Gasteiger partial charge is 0.383 e. The number of ether oxygens (including phenoxy) is 1. The van der Waals surface area contributed by atoms with Crippen LogP contribution in [0.25, 0.3) is 0 Å². The second-order valence-corrected chi connectivity index (χ2v) is 8.01. The molecule has 0 aliphatic rings. The minimum absolute atomic E-state index is 0.123. The Hall–Kier alpha value is -0.630. The van der Waals surface area contributed by atoms with Gasteiger partial charge in [-0.05, 0) is 24.6 Å². The summed E-state index contributed by atoms with van der Waals surface area (Å²) >= 11 is 3.17. The molecular formula is C13H17BrClNO4S. The van der Waals surface area contributed by atoms with Gasteiger partial charge in [0.25, 0.3) is 15.0 Å². The number of carbonyl (C=O) groups excluding carboxylic acids is 1. The SMILES string of the molecule is CCCC(COC)NC(=O)c1cc(Br)cc(S(=O)(=O)Cl)c1. The van der Waals surface area contributed by atoms with E-state index in [2.05, 4.69) is 21.2 Å². The van der Waals surface area contributed by atoms with Crippen LogP contribution in [0, 0.1) is 0 Å². The maximum Gasteiger partial charge on any atom is 0.261 e. The molecule has 0 aromatic heterocycles. The fourth-order valence-corrected chi connectivity index (χ4v) is 3.30. The first-order valence-electron chi connectivity index (χ1n) is 6.33. The summed E-state index contributed by atoms with van der Waals surface area (Å²) in [5, 5.41) is 2.82. The second-order valence-electron chi connectivity index (χ2n) is 4.53. The van der Waals surface area contributed by atoms with Crippen LogP contribution in [0.2, 0.25) is 0 Å². The van der Waals surface area contributed by atoms with Crippen molar-refractivity contribution in [1.29, 1.82) is 0 Å². The number of carbonyl (C=O) groups is 1. The molecule has 1 rings (SSSR count). The second kappa shape index (κ2) is 8.12. The zero-order valence-corrected chi connectivity index (χ0v) is 14.9. The molecule has 0 aliphatic carbocycles. The van der Waals surface area contributed by atoms with Crippen LogP contribution in [0.3, 0.4) is 0 Å². The van der Waals surface area contributed by atoms with Crippen molar-refractivity contribution in [3.8, 4) is 0 Å².